The van der Waals surface area contributed by atoms with Crippen molar-refractivity contribution in [2.24, 2.45) is 11.7 Å². The van der Waals surface area contributed by atoms with Crippen molar-refractivity contribution in [2.75, 3.05) is 19.7 Å². The molecule has 23 heavy (non-hydrogen) atoms. The second-order valence-corrected chi connectivity index (χ2v) is 6.34. The van der Waals surface area contributed by atoms with Gasteiger partial charge in [-0.2, -0.15) is 0 Å². The van der Waals surface area contributed by atoms with Gasteiger partial charge in [0.15, 0.2) is 0 Å². The molecule has 0 saturated carbocycles. The summed E-state index contributed by atoms with van der Waals surface area (Å²) in [5.74, 6) is 1.11. The zero-order valence-electron chi connectivity index (χ0n) is 13.5. The van der Waals surface area contributed by atoms with Gasteiger partial charge in [-0.15, -0.1) is 12.4 Å². The van der Waals surface area contributed by atoms with Gasteiger partial charge in [0.25, 0.3) is 0 Å². The van der Waals surface area contributed by atoms with E-state index >= 15 is 0 Å². The van der Waals surface area contributed by atoms with Crippen molar-refractivity contribution in [1.29, 1.82) is 0 Å². The molecule has 1 saturated heterocycles. The van der Waals surface area contributed by atoms with Crippen molar-refractivity contribution in [1.82, 2.24) is 4.90 Å². The average molecular weight is 361 g/mol. The van der Waals surface area contributed by atoms with E-state index in [1.165, 1.54) is 0 Å². The number of rotatable bonds is 6. The summed E-state index contributed by atoms with van der Waals surface area (Å²) >= 11 is 6.09. The number of halogens is 2. The van der Waals surface area contributed by atoms with Crippen molar-refractivity contribution in [2.45, 2.75) is 38.6 Å². The first-order chi connectivity index (χ1) is 10.6. The minimum absolute atomic E-state index is 0. The van der Waals surface area contributed by atoms with Crippen LogP contribution in [0.4, 0.5) is 0 Å². The first-order valence-corrected chi connectivity index (χ1v) is 8.41. The van der Waals surface area contributed by atoms with Crippen LogP contribution in [-0.2, 0) is 4.79 Å². The zero-order valence-corrected chi connectivity index (χ0v) is 15.1. The Morgan fingerprint density at radius 3 is 2.91 bits per heavy atom. The first-order valence-electron chi connectivity index (χ1n) is 8.03. The van der Waals surface area contributed by atoms with Crippen LogP contribution in [0.25, 0.3) is 0 Å². The predicted octanol–water partition coefficient (Wildman–Crippen LogP) is 3.51. The van der Waals surface area contributed by atoms with E-state index in [9.17, 15) is 4.79 Å². The van der Waals surface area contributed by atoms with Crippen LogP contribution in [0.3, 0.4) is 0 Å². The molecule has 1 aromatic carbocycles. The molecule has 2 N–H and O–H groups in total. The molecule has 130 valence electrons. The predicted molar refractivity (Wildman–Crippen MR) is 96.4 cm³/mol. The van der Waals surface area contributed by atoms with Gasteiger partial charge in [0.05, 0.1) is 17.7 Å². The summed E-state index contributed by atoms with van der Waals surface area (Å²) in [6, 6.07) is 7.10. The van der Waals surface area contributed by atoms with Crippen LogP contribution >= 0.6 is 24.0 Å². The Morgan fingerprint density at radius 1 is 1.48 bits per heavy atom. The summed E-state index contributed by atoms with van der Waals surface area (Å²) in [5, 5.41) is 0.621. The highest BCUT2D eigenvalue weighted by atomic mass is 35.5. The van der Waals surface area contributed by atoms with Crippen molar-refractivity contribution in [3.63, 3.8) is 0 Å². The van der Waals surface area contributed by atoms with Crippen LogP contribution in [0.1, 0.15) is 32.6 Å². The van der Waals surface area contributed by atoms with Gasteiger partial charge in [0.1, 0.15) is 5.75 Å². The maximum absolute atomic E-state index is 12.3. The van der Waals surface area contributed by atoms with Crippen molar-refractivity contribution < 1.29 is 9.53 Å². The lowest BCUT2D eigenvalue weighted by Gasteiger charge is -2.34. The Hall–Kier alpha value is -0.970. The number of amides is 1. The molecule has 1 aromatic rings. The van der Waals surface area contributed by atoms with Gasteiger partial charge in [-0.1, -0.05) is 37.1 Å². The van der Waals surface area contributed by atoms with E-state index in [1.54, 1.807) is 0 Å². The quantitative estimate of drug-likeness (QED) is 0.844. The number of carbonyl (C=O) groups is 1. The number of hydrogen-bond acceptors (Lipinski definition) is 3. The minimum atomic E-state index is -0.367. The number of para-hydroxylation sites is 1. The van der Waals surface area contributed by atoms with E-state index in [2.05, 4.69) is 0 Å². The van der Waals surface area contributed by atoms with Gasteiger partial charge in [-0.3, -0.25) is 4.79 Å². The highest BCUT2D eigenvalue weighted by molar-refractivity contribution is 6.32. The van der Waals surface area contributed by atoms with Crippen LogP contribution in [-0.4, -0.2) is 36.5 Å². The largest absolute Gasteiger partial charge is 0.492 e. The van der Waals surface area contributed by atoms with Crippen LogP contribution in [0.2, 0.25) is 5.02 Å². The number of piperidine rings is 1. The lowest BCUT2D eigenvalue weighted by Crippen LogP contribution is -2.48. The molecule has 2 unspecified atom stereocenters. The lowest BCUT2D eigenvalue weighted by molar-refractivity contribution is -0.134. The number of likely N-dealkylation sites (tertiary alicyclic amines) is 1. The molecule has 1 aliphatic rings. The van der Waals surface area contributed by atoms with Crippen LogP contribution in [0.5, 0.6) is 5.75 Å². The molecule has 6 heteroatoms. The van der Waals surface area contributed by atoms with Gasteiger partial charge in [0.2, 0.25) is 5.91 Å². The van der Waals surface area contributed by atoms with Crippen LogP contribution < -0.4 is 10.5 Å². The summed E-state index contributed by atoms with van der Waals surface area (Å²) in [7, 11) is 0. The third-order valence-corrected chi connectivity index (χ3v) is 4.37. The molecule has 1 fully saturated rings. The topological polar surface area (TPSA) is 55.6 Å². The van der Waals surface area contributed by atoms with Gasteiger partial charge in [-0.05, 0) is 31.4 Å². The van der Waals surface area contributed by atoms with E-state index in [0.717, 1.165) is 38.8 Å². The fourth-order valence-corrected chi connectivity index (χ4v) is 3.03. The molecule has 0 aromatic heterocycles. The maximum Gasteiger partial charge on any atom is 0.239 e. The smallest absolute Gasteiger partial charge is 0.239 e. The van der Waals surface area contributed by atoms with E-state index in [1.807, 2.05) is 36.1 Å². The molecule has 1 amide bonds. The second-order valence-electron chi connectivity index (χ2n) is 5.93. The van der Waals surface area contributed by atoms with Crippen molar-refractivity contribution in [3.8, 4) is 5.75 Å². The Balaban J connectivity index is 0.00000264. The fourth-order valence-electron chi connectivity index (χ4n) is 2.84. The molecular formula is C17H26Cl2N2O2. The highest BCUT2D eigenvalue weighted by Crippen LogP contribution is 2.25. The van der Waals surface area contributed by atoms with Crippen molar-refractivity contribution >= 4 is 29.9 Å². The Bertz CT molecular complexity index is 499. The molecule has 0 spiro atoms. The SMILES string of the molecule is CCCC(N)C(=O)N1CCCC(COc2ccccc2Cl)C1.Cl. The number of nitrogens with two attached hydrogens (primary N) is 1. The van der Waals surface area contributed by atoms with Crippen molar-refractivity contribution in [3.05, 3.63) is 29.3 Å². The molecule has 0 radical (unpaired) electrons. The molecular weight excluding hydrogens is 335 g/mol. The summed E-state index contributed by atoms with van der Waals surface area (Å²) < 4.78 is 5.81. The summed E-state index contributed by atoms with van der Waals surface area (Å²) in [6.45, 7) is 4.15. The Labute approximate surface area is 149 Å². The number of nitrogens with zero attached hydrogens (tertiary/aromatic N) is 1. The van der Waals surface area contributed by atoms with Crippen LogP contribution in [0.15, 0.2) is 24.3 Å². The number of carbonyl (C=O) groups excluding carboxylic acids is 1. The van der Waals surface area contributed by atoms with E-state index in [0.29, 0.717) is 23.3 Å². The number of benzene rings is 1. The molecule has 2 atom stereocenters. The van der Waals surface area contributed by atoms with E-state index < -0.39 is 0 Å². The zero-order chi connectivity index (χ0) is 15.9. The maximum atomic E-state index is 12.3. The Kier molecular flexibility index (Phi) is 8.74. The minimum Gasteiger partial charge on any atom is -0.492 e. The molecule has 0 bridgehead atoms. The standard InChI is InChI=1S/C17H25ClN2O2.ClH/c1-2-6-15(19)17(21)20-10-5-7-13(11-20)12-22-16-9-4-3-8-14(16)18;/h3-4,8-9,13,15H,2,5-7,10-12,19H2,1H3;1H. The molecule has 1 heterocycles. The van der Waals surface area contributed by atoms with E-state index in [-0.39, 0.29) is 24.4 Å². The van der Waals surface area contributed by atoms with Gasteiger partial charge >= 0.3 is 0 Å². The summed E-state index contributed by atoms with van der Waals surface area (Å²) in [4.78, 5) is 14.2. The molecule has 2 rings (SSSR count). The average Bonchev–Trinajstić information content (AvgIpc) is 2.54. The lowest BCUT2D eigenvalue weighted by atomic mass is 9.98. The van der Waals surface area contributed by atoms with Gasteiger partial charge in [-0.25, -0.2) is 0 Å². The van der Waals surface area contributed by atoms with E-state index in [4.69, 9.17) is 22.1 Å². The number of ether oxygens (including phenoxy) is 1. The molecule has 0 aliphatic carbocycles. The Morgan fingerprint density at radius 2 is 2.22 bits per heavy atom. The molecule has 4 nitrogen and oxygen atoms in total. The highest BCUT2D eigenvalue weighted by Gasteiger charge is 2.27. The molecule has 1 aliphatic heterocycles. The van der Waals surface area contributed by atoms with Gasteiger partial charge < -0.3 is 15.4 Å². The monoisotopic (exact) mass is 360 g/mol. The fraction of sp³-hybridized carbons (Fsp3) is 0.588. The second kappa shape index (κ2) is 10.0. The van der Waals surface area contributed by atoms with Gasteiger partial charge in [0, 0.05) is 19.0 Å². The van der Waals surface area contributed by atoms with Crippen LogP contribution in [0, 0.1) is 5.92 Å². The third-order valence-electron chi connectivity index (χ3n) is 4.06. The third kappa shape index (κ3) is 5.87. The number of hydrogen-bond donors (Lipinski definition) is 1. The first kappa shape index (κ1) is 20.1. The summed E-state index contributed by atoms with van der Waals surface area (Å²) in [5.41, 5.74) is 5.95. The normalized spacial score (nSPS) is 18.9. The summed E-state index contributed by atoms with van der Waals surface area (Å²) in [6.07, 6.45) is 3.74.